The summed E-state index contributed by atoms with van der Waals surface area (Å²) in [6.07, 6.45) is -2.04. The third kappa shape index (κ3) is 4.54. The lowest BCUT2D eigenvalue weighted by Gasteiger charge is -2.33. The molecule has 0 bridgehead atoms. The number of halogens is 3. The first-order chi connectivity index (χ1) is 11.9. The number of aromatic amines is 1. The van der Waals surface area contributed by atoms with E-state index in [9.17, 15) is 18.0 Å². The SMILES string of the molecule is O=c1ccc(C2CCCNC2Oc2ccccc2OC(F)(F)F)c[nH]1. The van der Waals surface area contributed by atoms with Gasteiger partial charge in [0.05, 0.1) is 0 Å². The largest absolute Gasteiger partial charge is 0.573 e. The fourth-order valence-electron chi connectivity index (χ4n) is 2.87. The number of pyridine rings is 1. The number of hydrogen-bond acceptors (Lipinski definition) is 4. The van der Waals surface area contributed by atoms with E-state index >= 15 is 0 Å². The Morgan fingerprint density at radius 3 is 2.52 bits per heavy atom. The van der Waals surface area contributed by atoms with E-state index in [4.69, 9.17) is 4.74 Å². The van der Waals surface area contributed by atoms with Crippen LogP contribution >= 0.6 is 0 Å². The maximum atomic E-state index is 12.6. The van der Waals surface area contributed by atoms with Crippen molar-refractivity contribution >= 4 is 0 Å². The van der Waals surface area contributed by atoms with Crippen LogP contribution in [0.2, 0.25) is 0 Å². The molecule has 0 radical (unpaired) electrons. The first kappa shape index (κ1) is 17.3. The highest BCUT2D eigenvalue weighted by atomic mass is 19.4. The smallest absolute Gasteiger partial charge is 0.471 e. The molecule has 5 nitrogen and oxygen atoms in total. The van der Waals surface area contributed by atoms with Crippen LogP contribution < -0.4 is 20.3 Å². The van der Waals surface area contributed by atoms with Crippen molar-refractivity contribution in [2.45, 2.75) is 31.3 Å². The van der Waals surface area contributed by atoms with Crippen LogP contribution in [0.25, 0.3) is 0 Å². The van der Waals surface area contributed by atoms with Gasteiger partial charge in [-0.25, -0.2) is 0 Å². The van der Waals surface area contributed by atoms with E-state index in [0.717, 1.165) is 18.4 Å². The van der Waals surface area contributed by atoms with Gasteiger partial charge in [-0.3, -0.25) is 10.1 Å². The maximum absolute atomic E-state index is 12.6. The van der Waals surface area contributed by atoms with Gasteiger partial charge in [-0.1, -0.05) is 18.2 Å². The number of nitrogens with one attached hydrogen (secondary N) is 2. The summed E-state index contributed by atoms with van der Waals surface area (Å²) in [6, 6.07) is 8.78. The van der Waals surface area contributed by atoms with Gasteiger partial charge in [-0.05, 0) is 37.1 Å². The third-order valence-corrected chi connectivity index (χ3v) is 3.97. The van der Waals surface area contributed by atoms with Crippen LogP contribution in [-0.2, 0) is 0 Å². The summed E-state index contributed by atoms with van der Waals surface area (Å²) in [7, 11) is 0. The van der Waals surface area contributed by atoms with Crippen molar-refractivity contribution in [3.05, 3.63) is 58.5 Å². The van der Waals surface area contributed by atoms with Gasteiger partial charge in [-0.2, -0.15) is 0 Å². The van der Waals surface area contributed by atoms with Crippen LogP contribution in [-0.4, -0.2) is 24.1 Å². The van der Waals surface area contributed by atoms with E-state index in [2.05, 4.69) is 15.0 Å². The van der Waals surface area contributed by atoms with Gasteiger partial charge in [0, 0.05) is 18.2 Å². The minimum absolute atomic E-state index is 0.00801. The zero-order valence-electron chi connectivity index (χ0n) is 13.2. The molecule has 25 heavy (non-hydrogen) atoms. The number of piperidine rings is 1. The Balaban J connectivity index is 1.83. The van der Waals surface area contributed by atoms with Gasteiger partial charge in [-0.15, -0.1) is 13.2 Å². The van der Waals surface area contributed by atoms with E-state index in [1.54, 1.807) is 18.3 Å². The Morgan fingerprint density at radius 2 is 1.84 bits per heavy atom. The second kappa shape index (κ2) is 7.18. The molecule has 1 aliphatic heterocycles. The molecule has 2 aromatic rings. The standard InChI is InChI=1S/C17H17F3N2O3/c18-17(19,20)25-14-6-2-1-5-13(14)24-16-12(4-3-9-21-16)11-7-8-15(23)22-10-11/h1-2,5-8,10,12,16,21H,3-4,9H2,(H,22,23). The molecule has 0 spiro atoms. The van der Waals surface area contributed by atoms with E-state index in [0.29, 0.717) is 6.54 Å². The Bertz CT molecular complexity index is 756. The summed E-state index contributed by atoms with van der Waals surface area (Å²) < 4.78 is 47.5. The Morgan fingerprint density at radius 1 is 1.08 bits per heavy atom. The van der Waals surface area contributed by atoms with Gasteiger partial charge in [0.2, 0.25) is 5.56 Å². The molecular weight excluding hydrogens is 337 g/mol. The molecule has 2 unspecified atom stereocenters. The van der Waals surface area contributed by atoms with Crippen LogP contribution in [0.3, 0.4) is 0 Å². The molecule has 1 aromatic heterocycles. The predicted octanol–water partition coefficient (Wildman–Crippen LogP) is 3.15. The molecule has 1 fully saturated rings. The zero-order chi connectivity index (χ0) is 17.9. The number of alkyl halides is 3. The van der Waals surface area contributed by atoms with Crippen molar-refractivity contribution in [3.63, 3.8) is 0 Å². The van der Waals surface area contributed by atoms with E-state index in [-0.39, 0.29) is 23.0 Å². The van der Waals surface area contributed by atoms with Crippen molar-refractivity contribution in [2.75, 3.05) is 6.54 Å². The number of hydrogen-bond donors (Lipinski definition) is 2. The normalized spacial score (nSPS) is 20.9. The highest BCUT2D eigenvalue weighted by Crippen LogP contribution is 2.35. The molecule has 2 atom stereocenters. The van der Waals surface area contributed by atoms with Crippen LogP contribution in [0.1, 0.15) is 24.3 Å². The molecule has 0 amide bonds. The Labute approximate surface area is 141 Å². The molecule has 1 aromatic carbocycles. The summed E-state index contributed by atoms with van der Waals surface area (Å²) >= 11 is 0. The van der Waals surface area contributed by atoms with Gasteiger partial charge < -0.3 is 14.5 Å². The molecular formula is C17H17F3N2O3. The molecule has 134 valence electrons. The first-order valence-electron chi connectivity index (χ1n) is 7.86. The van der Waals surface area contributed by atoms with Crippen LogP contribution in [0.5, 0.6) is 11.5 Å². The van der Waals surface area contributed by atoms with E-state index in [1.165, 1.54) is 24.3 Å². The Hall–Kier alpha value is -2.48. The van der Waals surface area contributed by atoms with E-state index < -0.39 is 12.6 Å². The predicted molar refractivity (Wildman–Crippen MR) is 84.6 cm³/mol. The van der Waals surface area contributed by atoms with Crippen molar-refractivity contribution in [1.82, 2.24) is 10.3 Å². The molecule has 2 N–H and O–H groups in total. The molecule has 8 heteroatoms. The molecule has 0 aliphatic carbocycles. The second-order valence-electron chi connectivity index (χ2n) is 5.72. The third-order valence-electron chi connectivity index (χ3n) is 3.97. The number of aromatic nitrogens is 1. The number of benzene rings is 1. The summed E-state index contributed by atoms with van der Waals surface area (Å²) in [6.45, 7) is 0.687. The van der Waals surface area contributed by atoms with Gasteiger partial charge in [0.1, 0.15) is 0 Å². The second-order valence-corrected chi connectivity index (χ2v) is 5.72. The zero-order valence-corrected chi connectivity index (χ0v) is 13.2. The monoisotopic (exact) mass is 354 g/mol. The topological polar surface area (TPSA) is 63.4 Å². The molecule has 2 heterocycles. The van der Waals surface area contributed by atoms with Gasteiger partial charge in [0.25, 0.3) is 0 Å². The van der Waals surface area contributed by atoms with E-state index in [1.807, 2.05) is 0 Å². The minimum atomic E-state index is -4.79. The summed E-state index contributed by atoms with van der Waals surface area (Å²) in [5.41, 5.74) is 0.639. The number of ether oxygens (including phenoxy) is 2. The fraction of sp³-hybridized carbons (Fsp3) is 0.353. The summed E-state index contributed by atoms with van der Waals surface area (Å²) in [4.78, 5) is 13.8. The molecule has 0 saturated carbocycles. The molecule has 1 saturated heterocycles. The quantitative estimate of drug-likeness (QED) is 0.885. The average molecular weight is 354 g/mol. The minimum Gasteiger partial charge on any atom is -0.471 e. The highest BCUT2D eigenvalue weighted by molar-refractivity contribution is 5.40. The van der Waals surface area contributed by atoms with Crippen LogP contribution in [0, 0.1) is 0 Å². The van der Waals surface area contributed by atoms with Gasteiger partial charge in [0.15, 0.2) is 17.7 Å². The van der Waals surface area contributed by atoms with Crippen molar-refractivity contribution in [2.24, 2.45) is 0 Å². The number of para-hydroxylation sites is 2. The van der Waals surface area contributed by atoms with Crippen LogP contribution in [0.15, 0.2) is 47.4 Å². The lowest BCUT2D eigenvalue weighted by atomic mass is 9.91. The molecule has 1 aliphatic rings. The number of rotatable bonds is 4. The highest BCUT2D eigenvalue weighted by Gasteiger charge is 2.34. The van der Waals surface area contributed by atoms with Crippen molar-refractivity contribution in [1.29, 1.82) is 0 Å². The van der Waals surface area contributed by atoms with Crippen molar-refractivity contribution in [3.8, 4) is 11.5 Å². The Kier molecular flexibility index (Phi) is 4.98. The van der Waals surface area contributed by atoms with Crippen LogP contribution in [0.4, 0.5) is 13.2 Å². The lowest BCUT2D eigenvalue weighted by Crippen LogP contribution is -2.44. The van der Waals surface area contributed by atoms with Crippen molar-refractivity contribution < 1.29 is 22.6 Å². The summed E-state index contributed by atoms with van der Waals surface area (Å²) in [5, 5.41) is 3.17. The van der Waals surface area contributed by atoms with Gasteiger partial charge >= 0.3 is 6.36 Å². The molecule has 3 rings (SSSR count). The first-order valence-corrected chi connectivity index (χ1v) is 7.86. The maximum Gasteiger partial charge on any atom is 0.573 e. The lowest BCUT2D eigenvalue weighted by molar-refractivity contribution is -0.275. The number of H-pyrrole nitrogens is 1. The fourth-order valence-corrected chi connectivity index (χ4v) is 2.87. The average Bonchev–Trinajstić information content (AvgIpc) is 2.57. The summed E-state index contributed by atoms with van der Waals surface area (Å²) in [5.74, 6) is -0.485.